The Morgan fingerprint density at radius 2 is 1.82 bits per heavy atom. The van der Waals surface area contributed by atoms with Crippen LogP contribution in [0.5, 0.6) is 11.5 Å². The minimum absolute atomic E-state index is 0.149. The van der Waals surface area contributed by atoms with Crippen LogP contribution in [-0.4, -0.2) is 38.1 Å². The highest BCUT2D eigenvalue weighted by Crippen LogP contribution is 2.30. The molecule has 0 unspecified atom stereocenters. The fourth-order valence-electron chi connectivity index (χ4n) is 3.07. The molecule has 0 aliphatic heterocycles. The lowest BCUT2D eigenvalue weighted by molar-refractivity contribution is -0.116. The molecule has 0 radical (unpaired) electrons. The van der Waals surface area contributed by atoms with E-state index in [1.54, 1.807) is 44.3 Å². The summed E-state index contributed by atoms with van der Waals surface area (Å²) in [6.45, 7) is 3.43. The van der Waals surface area contributed by atoms with Crippen molar-refractivity contribution in [1.82, 2.24) is 14.9 Å². The van der Waals surface area contributed by atoms with Crippen LogP contribution in [0.3, 0.4) is 0 Å². The fourth-order valence-corrected chi connectivity index (χ4v) is 4.01. The number of hydrogen-bond acceptors (Lipinski definition) is 8. The average molecular weight is 479 g/mol. The van der Waals surface area contributed by atoms with E-state index in [2.05, 4.69) is 9.97 Å². The van der Waals surface area contributed by atoms with E-state index in [-0.39, 0.29) is 30.5 Å². The smallest absolute Gasteiger partial charge is 0.223 e. The van der Waals surface area contributed by atoms with Crippen LogP contribution < -0.4 is 10.5 Å². The van der Waals surface area contributed by atoms with E-state index in [1.807, 2.05) is 30.3 Å². The molecule has 0 fully saturated rings. The summed E-state index contributed by atoms with van der Waals surface area (Å²) >= 11 is 0.978. The summed E-state index contributed by atoms with van der Waals surface area (Å²) in [5, 5.41) is 9.33. The summed E-state index contributed by atoms with van der Waals surface area (Å²) in [7, 11) is 0. The Bertz CT molecular complexity index is 1170. The average Bonchev–Trinajstić information content (AvgIpc) is 2.84. The van der Waals surface area contributed by atoms with Gasteiger partial charge in [-0.25, -0.2) is 9.97 Å². The zero-order valence-electron chi connectivity index (χ0n) is 19.0. The number of thioether (sulfide) groups is 1. The minimum Gasteiger partial charge on any atom is -0.457 e. The Hall–Kier alpha value is -3.69. The minimum atomic E-state index is -0.210. The van der Waals surface area contributed by atoms with Crippen LogP contribution in [0, 0.1) is 6.92 Å². The highest BCUT2D eigenvalue weighted by molar-refractivity contribution is 8.17. The molecule has 1 amide bonds. The first kappa shape index (κ1) is 24.9. The number of aliphatic hydroxyl groups is 1. The van der Waals surface area contributed by atoms with Crippen molar-refractivity contribution in [2.24, 2.45) is 0 Å². The van der Waals surface area contributed by atoms with Crippen molar-refractivity contribution in [2.45, 2.75) is 26.8 Å². The van der Waals surface area contributed by atoms with Crippen LogP contribution in [0.2, 0.25) is 0 Å². The second kappa shape index (κ2) is 12.0. The van der Waals surface area contributed by atoms with Gasteiger partial charge in [-0.15, -0.1) is 0 Å². The largest absolute Gasteiger partial charge is 0.457 e. The van der Waals surface area contributed by atoms with Gasteiger partial charge < -0.3 is 20.5 Å². The van der Waals surface area contributed by atoms with Crippen LogP contribution in [-0.2, 0) is 11.3 Å². The first-order valence-corrected chi connectivity index (χ1v) is 11.4. The summed E-state index contributed by atoms with van der Waals surface area (Å²) in [4.78, 5) is 35.0. The Labute approximate surface area is 202 Å². The molecule has 2 aromatic carbocycles. The van der Waals surface area contributed by atoms with Crippen LogP contribution in [0.25, 0.3) is 0 Å². The molecular weight excluding hydrogens is 452 g/mol. The molecule has 3 rings (SSSR count). The van der Waals surface area contributed by atoms with Crippen molar-refractivity contribution in [1.29, 1.82) is 0 Å². The third kappa shape index (κ3) is 6.66. The number of nitrogens with zero attached hydrogens (tertiary/aromatic N) is 3. The van der Waals surface area contributed by atoms with Gasteiger partial charge in [-0.2, -0.15) is 0 Å². The SMILES string of the molecule is CC(=C(CCO)SC(=O)c1ccc(Oc2ccccc2)cc1)N(C=O)Cc1cnc(C)nc1N. The number of benzene rings is 2. The van der Waals surface area contributed by atoms with E-state index in [0.29, 0.717) is 45.5 Å². The van der Waals surface area contributed by atoms with E-state index < -0.39 is 0 Å². The van der Waals surface area contributed by atoms with Crippen LogP contribution in [0.1, 0.15) is 35.1 Å². The van der Waals surface area contributed by atoms with E-state index in [9.17, 15) is 14.7 Å². The van der Waals surface area contributed by atoms with E-state index >= 15 is 0 Å². The van der Waals surface area contributed by atoms with Crippen molar-refractivity contribution in [3.8, 4) is 11.5 Å². The number of amides is 1. The maximum atomic E-state index is 12.9. The molecule has 176 valence electrons. The number of anilines is 1. The summed E-state index contributed by atoms with van der Waals surface area (Å²) in [6.07, 6.45) is 2.46. The number of allylic oxidation sites excluding steroid dienone is 1. The molecule has 0 atom stereocenters. The molecule has 1 heterocycles. The summed E-state index contributed by atoms with van der Waals surface area (Å²) in [5.41, 5.74) is 7.57. The van der Waals surface area contributed by atoms with Crippen molar-refractivity contribution >= 4 is 29.1 Å². The first-order chi connectivity index (χ1) is 16.4. The molecule has 0 spiro atoms. The van der Waals surface area contributed by atoms with Gasteiger partial charge in [-0.3, -0.25) is 9.59 Å². The molecule has 9 heteroatoms. The van der Waals surface area contributed by atoms with Gasteiger partial charge in [-0.05, 0) is 62.0 Å². The predicted octanol–water partition coefficient (Wildman–Crippen LogP) is 4.31. The highest BCUT2D eigenvalue weighted by atomic mass is 32.2. The molecule has 8 nitrogen and oxygen atoms in total. The number of aromatic nitrogens is 2. The lowest BCUT2D eigenvalue weighted by Crippen LogP contribution is -2.22. The normalized spacial score (nSPS) is 11.5. The van der Waals surface area contributed by atoms with Gasteiger partial charge in [0.1, 0.15) is 23.1 Å². The Morgan fingerprint density at radius 1 is 1.15 bits per heavy atom. The van der Waals surface area contributed by atoms with Crippen molar-refractivity contribution in [3.05, 3.63) is 88.3 Å². The highest BCUT2D eigenvalue weighted by Gasteiger charge is 2.17. The maximum absolute atomic E-state index is 12.9. The van der Waals surface area contributed by atoms with E-state index in [4.69, 9.17) is 10.5 Å². The fraction of sp³-hybridized carbons (Fsp3) is 0.200. The van der Waals surface area contributed by atoms with Crippen molar-refractivity contribution < 1.29 is 19.4 Å². The number of carbonyl (C=O) groups excluding carboxylic acids is 2. The van der Waals surface area contributed by atoms with Gasteiger partial charge in [0.15, 0.2) is 0 Å². The Morgan fingerprint density at radius 3 is 2.44 bits per heavy atom. The number of aliphatic hydroxyl groups excluding tert-OH is 1. The zero-order valence-corrected chi connectivity index (χ0v) is 19.8. The third-order valence-electron chi connectivity index (χ3n) is 4.94. The summed E-state index contributed by atoms with van der Waals surface area (Å²) < 4.78 is 5.76. The van der Waals surface area contributed by atoms with Gasteiger partial charge in [-0.1, -0.05) is 18.2 Å². The topological polar surface area (TPSA) is 119 Å². The van der Waals surface area contributed by atoms with E-state index in [0.717, 1.165) is 11.8 Å². The quantitative estimate of drug-likeness (QED) is 0.414. The number of aryl methyl sites for hydroxylation is 1. The molecule has 0 aliphatic rings. The van der Waals surface area contributed by atoms with E-state index in [1.165, 1.54) is 4.90 Å². The molecule has 0 bridgehead atoms. The molecule has 0 saturated heterocycles. The van der Waals surface area contributed by atoms with Gasteiger partial charge in [0, 0.05) is 41.0 Å². The Kier molecular flexibility index (Phi) is 8.78. The summed E-state index contributed by atoms with van der Waals surface area (Å²) in [6, 6.07) is 16.2. The van der Waals surface area contributed by atoms with Gasteiger partial charge in [0.2, 0.25) is 11.5 Å². The van der Waals surface area contributed by atoms with Crippen LogP contribution >= 0.6 is 11.8 Å². The van der Waals surface area contributed by atoms with Crippen molar-refractivity contribution in [3.63, 3.8) is 0 Å². The lowest BCUT2D eigenvalue weighted by Gasteiger charge is -2.22. The number of carbonyl (C=O) groups is 2. The van der Waals surface area contributed by atoms with Gasteiger partial charge in [0.25, 0.3) is 0 Å². The zero-order chi connectivity index (χ0) is 24.5. The first-order valence-electron chi connectivity index (χ1n) is 10.6. The molecule has 34 heavy (non-hydrogen) atoms. The molecule has 0 aliphatic carbocycles. The van der Waals surface area contributed by atoms with Gasteiger partial charge in [0.05, 0.1) is 6.54 Å². The van der Waals surface area contributed by atoms with Crippen molar-refractivity contribution in [2.75, 3.05) is 12.3 Å². The second-order valence-corrected chi connectivity index (χ2v) is 8.44. The summed E-state index contributed by atoms with van der Waals surface area (Å²) in [5.74, 6) is 2.14. The standard InChI is InChI=1S/C25H26N4O4S/c1-17(29(16-31)15-20-14-27-18(2)28-24(20)26)23(12-13-30)34-25(32)19-8-10-22(11-9-19)33-21-6-4-3-5-7-21/h3-11,14,16,30H,12-13,15H2,1-2H3,(H2,26,27,28). The Balaban J connectivity index is 1.75. The van der Waals surface area contributed by atoms with Crippen LogP contribution in [0.15, 0.2) is 71.4 Å². The number of hydrogen-bond donors (Lipinski definition) is 2. The molecule has 3 N–H and O–H groups in total. The third-order valence-corrected chi connectivity index (χ3v) is 6.11. The number of nitrogens with two attached hydrogens (primary N) is 1. The number of nitrogen functional groups attached to an aromatic ring is 1. The maximum Gasteiger partial charge on any atom is 0.223 e. The second-order valence-electron chi connectivity index (χ2n) is 7.37. The van der Waals surface area contributed by atoms with Crippen LogP contribution in [0.4, 0.5) is 5.82 Å². The van der Waals surface area contributed by atoms with Gasteiger partial charge >= 0.3 is 0 Å². The number of ether oxygens (including phenoxy) is 1. The lowest BCUT2D eigenvalue weighted by atomic mass is 10.2. The molecule has 3 aromatic rings. The monoisotopic (exact) mass is 478 g/mol. The predicted molar refractivity (Wildman–Crippen MR) is 132 cm³/mol. The number of rotatable bonds is 10. The number of para-hydroxylation sites is 1. The molecule has 0 saturated carbocycles. The molecular formula is C25H26N4O4S. The molecule has 1 aromatic heterocycles.